The van der Waals surface area contributed by atoms with Crippen molar-refractivity contribution in [1.82, 2.24) is 5.32 Å². The van der Waals surface area contributed by atoms with Crippen LogP contribution in [0.25, 0.3) is 0 Å². The Morgan fingerprint density at radius 1 is 1.21 bits per heavy atom. The highest BCUT2D eigenvalue weighted by molar-refractivity contribution is 5.95. The van der Waals surface area contributed by atoms with Crippen LogP contribution < -0.4 is 10.6 Å². The predicted molar refractivity (Wildman–Crippen MR) is 81.7 cm³/mol. The molecule has 0 bridgehead atoms. The van der Waals surface area contributed by atoms with Gasteiger partial charge in [-0.15, -0.1) is 12.4 Å². The molecule has 4 heteroatoms. The lowest BCUT2D eigenvalue weighted by Crippen LogP contribution is -2.30. The number of rotatable bonds is 4. The molecule has 1 amide bonds. The monoisotopic (exact) mass is 282 g/mol. The summed E-state index contributed by atoms with van der Waals surface area (Å²) in [6, 6.07) is 8.04. The van der Waals surface area contributed by atoms with Gasteiger partial charge in [0.2, 0.25) is 5.91 Å². The first-order valence-electron chi connectivity index (χ1n) is 6.69. The van der Waals surface area contributed by atoms with Crippen molar-refractivity contribution < 1.29 is 4.79 Å². The van der Waals surface area contributed by atoms with Crippen LogP contribution >= 0.6 is 12.4 Å². The molecule has 0 atom stereocenters. The maximum absolute atomic E-state index is 12.2. The highest BCUT2D eigenvalue weighted by Crippen LogP contribution is 2.38. The molecule has 0 heterocycles. The molecule has 0 aliphatic heterocycles. The van der Waals surface area contributed by atoms with Crippen LogP contribution in [0.3, 0.4) is 0 Å². The van der Waals surface area contributed by atoms with Crippen LogP contribution in [-0.4, -0.2) is 13.0 Å². The number of hydrogen-bond acceptors (Lipinski definition) is 2. The molecule has 0 aromatic heterocycles. The molecule has 1 aromatic carbocycles. The quantitative estimate of drug-likeness (QED) is 0.889. The Kier molecular flexibility index (Phi) is 5.83. The van der Waals surface area contributed by atoms with E-state index >= 15 is 0 Å². The number of hydrogen-bond donors (Lipinski definition) is 2. The molecule has 2 N–H and O–H groups in total. The first-order chi connectivity index (χ1) is 8.64. The topological polar surface area (TPSA) is 41.1 Å². The van der Waals surface area contributed by atoms with E-state index in [4.69, 9.17) is 0 Å². The second kappa shape index (κ2) is 6.92. The average Bonchev–Trinajstić information content (AvgIpc) is 2.80. The van der Waals surface area contributed by atoms with Gasteiger partial charge in [0, 0.05) is 17.6 Å². The molecule has 0 saturated heterocycles. The molecule has 0 radical (unpaired) electrons. The van der Waals surface area contributed by atoms with E-state index in [0.29, 0.717) is 0 Å². The summed E-state index contributed by atoms with van der Waals surface area (Å²) in [5, 5.41) is 6.14. The summed E-state index contributed by atoms with van der Waals surface area (Å²) in [7, 11) is 1.93. The molecule has 1 saturated carbocycles. The number of nitrogens with one attached hydrogen (secondary N) is 2. The molecule has 19 heavy (non-hydrogen) atoms. The average molecular weight is 283 g/mol. The lowest BCUT2D eigenvalue weighted by Gasteiger charge is -2.22. The third kappa shape index (κ3) is 3.95. The molecular weight excluding hydrogens is 260 g/mol. The van der Waals surface area contributed by atoms with Gasteiger partial charge in [-0.05, 0) is 37.6 Å². The molecular formula is C15H23ClN2O. The molecule has 3 nitrogen and oxygen atoms in total. The Hall–Kier alpha value is -1.06. The van der Waals surface area contributed by atoms with E-state index in [2.05, 4.69) is 17.6 Å². The minimum atomic E-state index is -0.163. The second-order valence-corrected chi connectivity index (χ2v) is 5.45. The summed E-state index contributed by atoms with van der Waals surface area (Å²) in [6.07, 6.45) is 4.36. The van der Waals surface area contributed by atoms with Crippen molar-refractivity contribution in [2.75, 3.05) is 12.4 Å². The number of anilines is 1. The van der Waals surface area contributed by atoms with E-state index < -0.39 is 0 Å². The Balaban J connectivity index is 0.00000180. The zero-order chi connectivity index (χ0) is 13.0. The zero-order valence-corrected chi connectivity index (χ0v) is 12.5. The molecule has 0 spiro atoms. The van der Waals surface area contributed by atoms with Crippen molar-refractivity contribution in [3.63, 3.8) is 0 Å². The van der Waals surface area contributed by atoms with Crippen LogP contribution in [0.2, 0.25) is 0 Å². The van der Waals surface area contributed by atoms with E-state index in [-0.39, 0.29) is 23.7 Å². The first kappa shape index (κ1) is 16.0. The third-order valence-corrected chi connectivity index (χ3v) is 3.85. The summed E-state index contributed by atoms with van der Waals surface area (Å²) in [5.41, 5.74) is 1.96. The van der Waals surface area contributed by atoms with Gasteiger partial charge in [-0.1, -0.05) is 31.9 Å². The fraction of sp³-hybridized carbons (Fsp3) is 0.533. The molecule has 1 aromatic rings. The third-order valence-electron chi connectivity index (χ3n) is 3.85. The maximum Gasteiger partial charge on any atom is 0.230 e. The molecule has 0 unspecified atom stereocenters. The van der Waals surface area contributed by atoms with Gasteiger partial charge in [-0.2, -0.15) is 0 Å². The van der Waals surface area contributed by atoms with Crippen LogP contribution in [-0.2, 0) is 11.3 Å². The van der Waals surface area contributed by atoms with E-state index in [1.807, 2.05) is 31.3 Å². The summed E-state index contributed by atoms with van der Waals surface area (Å²) < 4.78 is 0. The van der Waals surface area contributed by atoms with Gasteiger partial charge in [0.25, 0.3) is 0 Å². The van der Waals surface area contributed by atoms with Crippen molar-refractivity contribution in [1.29, 1.82) is 0 Å². The van der Waals surface area contributed by atoms with Crippen molar-refractivity contribution >= 4 is 24.0 Å². The van der Waals surface area contributed by atoms with E-state index in [1.54, 1.807) is 0 Å². The Morgan fingerprint density at radius 2 is 1.79 bits per heavy atom. The number of amides is 1. The van der Waals surface area contributed by atoms with Gasteiger partial charge in [0.15, 0.2) is 0 Å². The normalized spacial score (nSPS) is 16.7. The summed E-state index contributed by atoms with van der Waals surface area (Å²) in [4.78, 5) is 12.2. The zero-order valence-electron chi connectivity index (χ0n) is 11.7. The Bertz CT molecular complexity index is 411. The standard InChI is InChI=1S/C15H22N2O.ClH/c1-15(9-3-4-10-15)14(18)17-13-7-5-12(6-8-13)11-16-2;/h5-8,16H,3-4,9-11H2,1-2H3,(H,17,18);1H. The van der Waals surface area contributed by atoms with Gasteiger partial charge in [-0.3, -0.25) is 4.79 Å². The van der Waals surface area contributed by atoms with Crippen molar-refractivity contribution in [2.24, 2.45) is 5.41 Å². The Labute approximate surface area is 121 Å². The minimum absolute atomic E-state index is 0. The van der Waals surface area contributed by atoms with Crippen molar-refractivity contribution in [2.45, 2.75) is 39.2 Å². The molecule has 1 aliphatic carbocycles. The van der Waals surface area contributed by atoms with Crippen LogP contribution in [0.1, 0.15) is 38.2 Å². The van der Waals surface area contributed by atoms with Crippen LogP contribution in [0, 0.1) is 5.41 Å². The van der Waals surface area contributed by atoms with Crippen LogP contribution in [0.4, 0.5) is 5.69 Å². The summed E-state index contributed by atoms with van der Waals surface area (Å²) in [6.45, 7) is 2.93. The molecule has 2 rings (SSSR count). The largest absolute Gasteiger partial charge is 0.326 e. The summed E-state index contributed by atoms with van der Waals surface area (Å²) in [5.74, 6) is 0.168. The highest BCUT2D eigenvalue weighted by atomic mass is 35.5. The fourth-order valence-electron chi connectivity index (χ4n) is 2.57. The lowest BCUT2D eigenvalue weighted by molar-refractivity contribution is -0.124. The van der Waals surface area contributed by atoms with E-state index in [1.165, 1.54) is 18.4 Å². The molecule has 106 valence electrons. The second-order valence-electron chi connectivity index (χ2n) is 5.45. The number of benzene rings is 1. The SMILES string of the molecule is CNCc1ccc(NC(=O)C2(C)CCCC2)cc1.Cl. The van der Waals surface area contributed by atoms with Crippen molar-refractivity contribution in [3.05, 3.63) is 29.8 Å². The van der Waals surface area contributed by atoms with E-state index in [9.17, 15) is 4.79 Å². The van der Waals surface area contributed by atoms with Gasteiger partial charge >= 0.3 is 0 Å². The number of carbonyl (C=O) groups excluding carboxylic acids is 1. The van der Waals surface area contributed by atoms with Crippen LogP contribution in [0.15, 0.2) is 24.3 Å². The summed E-state index contributed by atoms with van der Waals surface area (Å²) >= 11 is 0. The van der Waals surface area contributed by atoms with E-state index in [0.717, 1.165) is 25.1 Å². The van der Waals surface area contributed by atoms with Gasteiger partial charge in [-0.25, -0.2) is 0 Å². The highest BCUT2D eigenvalue weighted by Gasteiger charge is 2.36. The molecule has 1 fully saturated rings. The maximum atomic E-state index is 12.2. The Morgan fingerprint density at radius 3 is 2.32 bits per heavy atom. The van der Waals surface area contributed by atoms with Gasteiger partial charge in [0.1, 0.15) is 0 Å². The first-order valence-corrected chi connectivity index (χ1v) is 6.69. The molecule has 1 aliphatic rings. The van der Waals surface area contributed by atoms with Crippen LogP contribution in [0.5, 0.6) is 0 Å². The van der Waals surface area contributed by atoms with Crippen molar-refractivity contribution in [3.8, 4) is 0 Å². The van der Waals surface area contributed by atoms with Gasteiger partial charge in [0.05, 0.1) is 0 Å². The lowest BCUT2D eigenvalue weighted by atomic mass is 9.88. The fourth-order valence-corrected chi connectivity index (χ4v) is 2.57. The van der Waals surface area contributed by atoms with Gasteiger partial charge < -0.3 is 10.6 Å². The number of carbonyl (C=O) groups is 1. The predicted octanol–water partition coefficient (Wildman–Crippen LogP) is 3.35. The minimum Gasteiger partial charge on any atom is -0.326 e. The number of halogens is 1. The smallest absolute Gasteiger partial charge is 0.230 e.